The van der Waals surface area contributed by atoms with E-state index in [4.69, 9.17) is 0 Å². The fraction of sp³-hybridized carbons (Fsp3) is 0.217. The summed E-state index contributed by atoms with van der Waals surface area (Å²) in [7, 11) is 0. The van der Waals surface area contributed by atoms with Gasteiger partial charge in [-0.2, -0.15) is 0 Å². The Kier molecular flexibility index (Phi) is 4.23. The van der Waals surface area contributed by atoms with Crippen LogP contribution in [0, 0.1) is 12.3 Å². The maximum atomic E-state index is 11.5. The van der Waals surface area contributed by atoms with Crippen LogP contribution in [0.4, 0.5) is 0 Å². The van der Waals surface area contributed by atoms with E-state index in [2.05, 4.69) is 54.4 Å². The molecule has 0 amide bonds. The molecule has 0 fully saturated rings. The zero-order chi connectivity index (χ0) is 19.2. The Morgan fingerprint density at radius 1 is 1.04 bits per heavy atom. The van der Waals surface area contributed by atoms with Crippen LogP contribution in [0.1, 0.15) is 24.3 Å². The van der Waals surface area contributed by atoms with Crippen LogP contribution in [-0.4, -0.2) is 16.1 Å². The molecule has 2 aromatic carbocycles. The smallest absolute Gasteiger partial charge is 0.309 e. The summed E-state index contributed by atoms with van der Waals surface area (Å²) in [4.78, 5) is 17.0. The number of benzene rings is 2. The summed E-state index contributed by atoms with van der Waals surface area (Å²) in [6.45, 7) is 5.67. The molecule has 0 aliphatic heterocycles. The van der Waals surface area contributed by atoms with E-state index in [1.807, 2.05) is 12.4 Å². The van der Waals surface area contributed by atoms with E-state index in [0.29, 0.717) is 6.42 Å². The fourth-order valence-electron chi connectivity index (χ4n) is 3.51. The number of carboxylic acid groups (broad SMARTS) is 1. The predicted octanol–water partition coefficient (Wildman–Crippen LogP) is 6.08. The highest BCUT2D eigenvalue weighted by atomic mass is 32.1. The molecule has 4 heteroatoms. The van der Waals surface area contributed by atoms with E-state index in [1.54, 1.807) is 25.2 Å². The van der Waals surface area contributed by atoms with Crippen molar-refractivity contribution in [1.82, 2.24) is 4.98 Å². The SMILES string of the molecule is Cc1ccc(-c2cncc3sc(CC(C)(C)C(=O)O)cc23)c2ccccc12. The van der Waals surface area contributed by atoms with Gasteiger partial charge in [0.15, 0.2) is 0 Å². The summed E-state index contributed by atoms with van der Waals surface area (Å²) in [6.07, 6.45) is 4.30. The molecule has 0 aliphatic rings. The quantitative estimate of drug-likeness (QED) is 0.470. The normalized spacial score (nSPS) is 12.0. The van der Waals surface area contributed by atoms with Crippen molar-refractivity contribution in [2.75, 3.05) is 0 Å². The van der Waals surface area contributed by atoms with Crippen molar-refractivity contribution in [2.45, 2.75) is 27.2 Å². The second-order valence-electron chi connectivity index (χ2n) is 7.65. The summed E-state index contributed by atoms with van der Waals surface area (Å²) in [5, 5.41) is 13.0. The fourth-order valence-corrected chi connectivity index (χ4v) is 4.80. The molecule has 0 unspecified atom stereocenters. The summed E-state index contributed by atoms with van der Waals surface area (Å²) in [6, 6.07) is 14.9. The Hall–Kier alpha value is -2.72. The first-order valence-corrected chi connectivity index (χ1v) is 9.77. The molecule has 4 rings (SSSR count). The minimum absolute atomic E-state index is 0.510. The van der Waals surface area contributed by atoms with E-state index in [1.165, 1.54) is 16.3 Å². The van der Waals surface area contributed by atoms with Gasteiger partial charge in [0, 0.05) is 28.2 Å². The molecule has 4 aromatic rings. The number of carbonyl (C=O) groups is 1. The number of thiophene rings is 1. The average molecular weight is 375 g/mol. The Morgan fingerprint density at radius 2 is 1.78 bits per heavy atom. The molecule has 0 radical (unpaired) electrons. The molecule has 0 saturated carbocycles. The highest BCUT2D eigenvalue weighted by Crippen LogP contribution is 2.38. The van der Waals surface area contributed by atoms with Gasteiger partial charge in [-0.1, -0.05) is 36.4 Å². The van der Waals surface area contributed by atoms with Gasteiger partial charge in [0.2, 0.25) is 0 Å². The standard InChI is InChI=1S/C23H21NO2S/c1-14-8-9-18(17-7-5-4-6-16(14)17)20-12-24-13-21-19(20)10-15(27-21)11-23(2,3)22(25)26/h4-10,12-13H,11H2,1-3H3,(H,25,26). The first kappa shape index (κ1) is 17.7. The highest BCUT2D eigenvalue weighted by Gasteiger charge is 2.28. The number of pyridine rings is 1. The predicted molar refractivity (Wildman–Crippen MR) is 112 cm³/mol. The molecule has 3 nitrogen and oxygen atoms in total. The molecule has 0 bridgehead atoms. The van der Waals surface area contributed by atoms with Gasteiger partial charge in [-0.05, 0) is 55.2 Å². The maximum absolute atomic E-state index is 11.5. The largest absolute Gasteiger partial charge is 0.481 e. The van der Waals surface area contributed by atoms with Crippen molar-refractivity contribution >= 4 is 38.2 Å². The summed E-state index contributed by atoms with van der Waals surface area (Å²) in [5.41, 5.74) is 2.73. The number of aromatic nitrogens is 1. The number of carboxylic acids is 1. The van der Waals surface area contributed by atoms with Crippen LogP contribution in [0.3, 0.4) is 0 Å². The van der Waals surface area contributed by atoms with Gasteiger partial charge in [-0.25, -0.2) is 0 Å². The Balaban J connectivity index is 1.89. The number of aryl methyl sites for hydroxylation is 1. The van der Waals surface area contributed by atoms with E-state index >= 15 is 0 Å². The third-order valence-corrected chi connectivity index (χ3v) is 6.19. The number of hydrogen-bond acceptors (Lipinski definition) is 3. The lowest BCUT2D eigenvalue weighted by Gasteiger charge is -2.17. The molecule has 2 heterocycles. The van der Waals surface area contributed by atoms with Crippen LogP contribution in [-0.2, 0) is 11.2 Å². The van der Waals surface area contributed by atoms with Crippen LogP contribution in [0.2, 0.25) is 0 Å². The monoisotopic (exact) mass is 375 g/mol. The lowest BCUT2D eigenvalue weighted by Crippen LogP contribution is -2.25. The molecule has 1 N–H and O–H groups in total. The first-order valence-electron chi connectivity index (χ1n) is 8.95. The Labute approximate surface area is 162 Å². The summed E-state index contributed by atoms with van der Waals surface area (Å²) in [5.74, 6) is -0.775. The number of fused-ring (bicyclic) bond motifs is 2. The Bertz CT molecular complexity index is 1170. The van der Waals surface area contributed by atoms with E-state index < -0.39 is 11.4 Å². The number of nitrogens with zero attached hydrogens (tertiary/aromatic N) is 1. The van der Waals surface area contributed by atoms with E-state index in [-0.39, 0.29) is 0 Å². The van der Waals surface area contributed by atoms with Crippen LogP contribution in [0.15, 0.2) is 54.9 Å². The number of aliphatic carboxylic acids is 1. The van der Waals surface area contributed by atoms with Crippen molar-refractivity contribution in [3.63, 3.8) is 0 Å². The zero-order valence-electron chi connectivity index (χ0n) is 15.6. The van der Waals surface area contributed by atoms with Crippen LogP contribution in [0.5, 0.6) is 0 Å². The Morgan fingerprint density at radius 3 is 2.52 bits per heavy atom. The average Bonchev–Trinajstić information content (AvgIpc) is 3.04. The second kappa shape index (κ2) is 6.46. The van der Waals surface area contributed by atoms with Crippen LogP contribution >= 0.6 is 11.3 Å². The van der Waals surface area contributed by atoms with Gasteiger partial charge in [-0.15, -0.1) is 11.3 Å². The van der Waals surface area contributed by atoms with Gasteiger partial charge in [0.1, 0.15) is 0 Å². The van der Waals surface area contributed by atoms with Gasteiger partial charge in [0.25, 0.3) is 0 Å². The lowest BCUT2D eigenvalue weighted by molar-refractivity contribution is -0.146. The molecule has 136 valence electrons. The van der Waals surface area contributed by atoms with Crippen LogP contribution < -0.4 is 0 Å². The van der Waals surface area contributed by atoms with Crippen molar-refractivity contribution in [1.29, 1.82) is 0 Å². The van der Waals surface area contributed by atoms with Gasteiger partial charge in [0.05, 0.1) is 10.1 Å². The molecular weight excluding hydrogens is 354 g/mol. The topological polar surface area (TPSA) is 50.2 Å². The van der Waals surface area contributed by atoms with Crippen molar-refractivity contribution in [2.24, 2.45) is 5.41 Å². The minimum atomic E-state index is -0.787. The van der Waals surface area contributed by atoms with E-state index in [0.717, 1.165) is 26.1 Å². The van der Waals surface area contributed by atoms with Crippen molar-refractivity contribution < 1.29 is 9.90 Å². The minimum Gasteiger partial charge on any atom is -0.481 e. The molecule has 27 heavy (non-hydrogen) atoms. The van der Waals surface area contributed by atoms with Crippen molar-refractivity contribution in [3.8, 4) is 11.1 Å². The number of rotatable bonds is 4. The van der Waals surface area contributed by atoms with Gasteiger partial charge >= 0.3 is 5.97 Å². The third kappa shape index (κ3) is 3.10. The molecule has 0 saturated heterocycles. The molecule has 0 aliphatic carbocycles. The second-order valence-corrected chi connectivity index (χ2v) is 8.82. The lowest BCUT2D eigenvalue weighted by atomic mass is 9.88. The zero-order valence-corrected chi connectivity index (χ0v) is 16.4. The number of hydrogen-bond donors (Lipinski definition) is 1. The molecule has 0 atom stereocenters. The molecule has 0 spiro atoms. The van der Waals surface area contributed by atoms with Crippen molar-refractivity contribution in [3.05, 3.63) is 65.3 Å². The highest BCUT2D eigenvalue weighted by molar-refractivity contribution is 7.19. The molecular formula is C23H21NO2S. The third-order valence-electron chi connectivity index (χ3n) is 5.12. The van der Waals surface area contributed by atoms with Crippen LogP contribution in [0.25, 0.3) is 32.0 Å². The van der Waals surface area contributed by atoms with E-state index in [9.17, 15) is 9.90 Å². The van der Waals surface area contributed by atoms with Gasteiger partial charge < -0.3 is 5.11 Å². The first-order chi connectivity index (χ1) is 12.9. The summed E-state index contributed by atoms with van der Waals surface area (Å²) >= 11 is 1.63. The maximum Gasteiger partial charge on any atom is 0.309 e. The molecule has 2 aromatic heterocycles. The summed E-state index contributed by atoms with van der Waals surface area (Å²) < 4.78 is 1.09. The van der Waals surface area contributed by atoms with Gasteiger partial charge in [-0.3, -0.25) is 9.78 Å².